The van der Waals surface area contributed by atoms with Crippen LogP contribution in [0.5, 0.6) is 0 Å². The number of thioether (sulfide) groups is 1. The summed E-state index contributed by atoms with van der Waals surface area (Å²) in [7, 11) is -4.69. The molecule has 7 heteroatoms. The highest BCUT2D eigenvalue weighted by Gasteiger charge is 2.16. The molecule has 1 aliphatic heterocycles. The number of hydrogen-bond acceptors (Lipinski definition) is 6. The van der Waals surface area contributed by atoms with E-state index in [1.165, 1.54) is 10.6 Å². The fourth-order valence-corrected chi connectivity index (χ4v) is 2.46. The van der Waals surface area contributed by atoms with Gasteiger partial charge in [0.15, 0.2) is 0 Å². The Morgan fingerprint density at radius 3 is 2.50 bits per heavy atom. The first kappa shape index (κ1) is 13.6. The third kappa shape index (κ3) is 4.56. The van der Waals surface area contributed by atoms with Crippen molar-refractivity contribution in [3.63, 3.8) is 0 Å². The highest BCUT2D eigenvalue weighted by molar-refractivity contribution is 7.99. The molecule has 1 aromatic rings. The molecule has 0 fully saturated rings. The van der Waals surface area contributed by atoms with Crippen LogP contribution in [0.2, 0.25) is 0 Å². The van der Waals surface area contributed by atoms with Gasteiger partial charge in [0.05, 0.1) is 26.5 Å². The molecule has 0 atom stereocenters. The van der Waals surface area contributed by atoms with Crippen molar-refractivity contribution in [1.82, 2.24) is 0 Å². The number of anilines is 1. The lowest BCUT2D eigenvalue weighted by atomic mass is 10.3. The summed E-state index contributed by atoms with van der Waals surface area (Å²) in [6.45, 7) is 3.31. The Balaban J connectivity index is 0.000000221. The number of rotatable bonds is 1. The molecule has 5 nitrogen and oxygen atoms in total. The van der Waals surface area contributed by atoms with Crippen LogP contribution >= 0.6 is 11.8 Å². The van der Waals surface area contributed by atoms with E-state index in [1.54, 1.807) is 0 Å². The normalized spacial score (nSPS) is 14.2. The van der Waals surface area contributed by atoms with Crippen molar-refractivity contribution in [2.24, 2.45) is 0 Å². The zero-order chi connectivity index (χ0) is 12.2. The SMILES string of the molecule is CCN1CSc2ccccc21.[O-][Cl+3]([O-])([O-])O. The zero-order valence-electron chi connectivity index (χ0n) is 8.63. The lowest BCUT2D eigenvalue weighted by Crippen LogP contribution is -2.58. The molecule has 2 rings (SSSR count). The first-order chi connectivity index (χ1) is 7.42. The van der Waals surface area contributed by atoms with Gasteiger partial charge in [0.1, 0.15) is 0 Å². The van der Waals surface area contributed by atoms with E-state index in [2.05, 4.69) is 36.1 Å². The van der Waals surface area contributed by atoms with Gasteiger partial charge in [0.2, 0.25) is 0 Å². The summed E-state index contributed by atoms with van der Waals surface area (Å²) in [6.07, 6.45) is 0. The van der Waals surface area contributed by atoms with E-state index in [1.807, 2.05) is 11.8 Å². The smallest absolute Gasteiger partial charge is 0.0777 e. The lowest BCUT2D eigenvalue weighted by molar-refractivity contribution is -1.92. The Morgan fingerprint density at radius 1 is 1.38 bits per heavy atom. The fourth-order valence-electron chi connectivity index (χ4n) is 1.32. The molecular formula is C9H12ClNO4S. The Labute approximate surface area is 100 Å². The number of hydrogen-bond donors (Lipinski definition) is 1. The van der Waals surface area contributed by atoms with Gasteiger partial charge in [-0.05, 0) is 19.1 Å². The largest absolute Gasteiger partial charge is 0.361 e. The van der Waals surface area contributed by atoms with E-state index in [4.69, 9.17) is 18.6 Å². The molecule has 1 N–H and O–H groups in total. The standard InChI is InChI=1S/C9H11NS.ClHO4/c1-2-10-7-11-9-6-4-3-5-8(9)10;2-1(3,4)5/h3-6H,2,7H2,1H3;(H,2,3,4,5). The highest BCUT2D eigenvalue weighted by atomic mass is 35.7. The highest BCUT2D eigenvalue weighted by Crippen LogP contribution is 2.37. The molecule has 0 saturated heterocycles. The molecule has 1 heterocycles. The van der Waals surface area contributed by atoms with E-state index in [9.17, 15) is 0 Å². The number of fused-ring (bicyclic) bond motifs is 1. The number of halogens is 1. The van der Waals surface area contributed by atoms with E-state index < -0.39 is 10.2 Å². The number of para-hydroxylation sites is 1. The minimum atomic E-state index is -4.69. The van der Waals surface area contributed by atoms with Gasteiger partial charge in [0.25, 0.3) is 0 Å². The molecular weight excluding hydrogens is 254 g/mol. The third-order valence-electron chi connectivity index (χ3n) is 1.96. The molecule has 16 heavy (non-hydrogen) atoms. The predicted octanol–water partition coefficient (Wildman–Crippen LogP) is -1.55. The molecule has 0 aromatic heterocycles. The van der Waals surface area contributed by atoms with Crippen molar-refractivity contribution in [3.8, 4) is 0 Å². The first-order valence-electron chi connectivity index (χ1n) is 4.52. The Bertz CT molecular complexity index is 339. The van der Waals surface area contributed by atoms with Crippen molar-refractivity contribution in [2.75, 3.05) is 17.3 Å². The second-order valence-corrected chi connectivity index (χ2v) is 4.77. The fraction of sp³-hybridized carbons (Fsp3) is 0.333. The minimum Gasteiger partial charge on any atom is -0.361 e. The third-order valence-corrected chi connectivity index (χ3v) is 3.06. The second-order valence-electron chi connectivity index (χ2n) is 2.99. The molecule has 0 aliphatic carbocycles. The molecule has 0 radical (unpaired) electrons. The van der Waals surface area contributed by atoms with Crippen LogP contribution in [0.25, 0.3) is 0 Å². The van der Waals surface area contributed by atoms with E-state index >= 15 is 0 Å². The van der Waals surface area contributed by atoms with Gasteiger partial charge in [-0.1, -0.05) is 12.1 Å². The van der Waals surface area contributed by atoms with Crippen molar-refractivity contribution in [2.45, 2.75) is 11.8 Å². The van der Waals surface area contributed by atoms with Crippen LogP contribution < -0.4 is 18.9 Å². The van der Waals surface area contributed by atoms with Gasteiger partial charge in [0, 0.05) is 11.4 Å². The van der Waals surface area contributed by atoms with Crippen LogP contribution in [0.1, 0.15) is 6.92 Å². The lowest BCUT2D eigenvalue weighted by Gasteiger charge is -2.14. The monoisotopic (exact) mass is 265 g/mol. The molecule has 0 spiro atoms. The molecule has 90 valence electrons. The van der Waals surface area contributed by atoms with Crippen LogP contribution in [0.3, 0.4) is 0 Å². The van der Waals surface area contributed by atoms with Gasteiger partial charge in [-0.15, -0.1) is 11.8 Å². The van der Waals surface area contributed by atoms with Crippen LogP contribution in [0, 0.1) is 10.2 Å². The van der Waals surface area contributed by atoms with E-state index in [0.29, 0.717) is 0 Å². The predicted molar refractivity (Wildman–Crippen MR) is 52.4 cm³/mol. The molecule has 0 saturated carbocycles. The average molecular weight is 266 g/mol. The summed E-state index contributed by atoms with van der Waals surface area (Å²) >= 11 is 1.93. The summed E-state index contributed by atoms with van der Waals surface area (Å²) in [5, 5.41) is 0. The maximum absolute atomic E-state index is 8.60. The number of nitrogens with zero attached hydrogens (tertiary/aromatic N) is 1. The summed E-state index contributed by atoms with van der Waals surface area (Å²) in [6, 6.07) is 8.59. The molecule has 0 amide bonds. The van der Waals surface area contributed by atoms with Crippen LogP contribution in [0.4, 0.5) is 5.69 Å². The van der Waals surface area contributed by atoms with Crippen molar-refractivity contribution < 1.29 is 28.9 Å². The van der Waals surface area contributed by atoms with Crippen LogP contribution in [-0.2, 0) is 0 Å². The minimum absolute atomic E-state index is 1.12. The zero-order valence-corrected chi connectivity index (χ0v) is 10.2. The maximum Gasteiger partial charge on any atom is 0.0777 e. The number of benzene rings is 1. The Kier molecular flexibility index (Phi) is 4.85. The van der Waals surface area contributed by atoms with Gasteiger partial charge in [-0.3, -0.25) is 0 Å². The van der Waals surface area contributed by atoms with Crippen molar-refractivity contribution in [3.05, 3.63) is 24.3 Å². The topological polar surface area (TPSA) is 92.7 Å². The maximum atomic E-state index is 8.60. The van der Waals surface area contributed by atoms with Gasteiger partial charge in [-0.25, -0.2) is 0 Å². The van der Waals surface area contributed by atoms with Gasteiger partial charge < -0.3 is 4.90 Å². The molecule has 0 unspecified atom stereocenters. The van der Waals surface area contributed by atoms with Gasteiger partial charge >= 0.3 is 0 Å². The van der Waals surface area contributed by atoms with Gasteiger partial charge in [-0.2, -0.15) is 14.0 Å². The van der Waals surface area contributed by atoms with Crippen LogP contribution in [0.15, 0.2) is 29.2 Å². The van der Waals surface area contributed by atoms with E-state index in [0.717, 1.165) is 12.4 Å². The quantitative estimate of drug-likeness (QED) is 0.661. The first-order valence-corrected chi connectivity index (χ1v) is 6.76. The summed E-state index contributed by atoms with van der Waals surface area (Å²) in [5.41, 5.74) is 1.40. The molecule has 1 aromatic carbocycles. The van der Waals surface area contributed by atoms with Crippen molar-refractivity contribution >= 4 is 17.4 Å². The molecule has 0 bridgehead atoms. The summed E-state index contributed by atoms with van der Waals surface area (Å²) < 4.78 is 32.7. The Morgan fingerprint density at radius 2 is 1.94 bits per heavy atom. The van der Waals surface area contributed by atoms with E-state index in [-0.39, 0.29) is 0 Å². The van der Waals surface area contributed by atoms with Crippen LogP contribution in [-0.4, -0.2) is 17.1 Å². The summed E-state index contributed by atoms with van der Waals surface area (Å²) in [4.78, 5) is 3.81. The Hall–Kier alpha value is -0.500. The second kappa shape index (κ2) is 5.72. The average Bonchev–Trinajstić information content (AvgIpc) is 2.58. The molecule has 1 aliphatic rings. The summed E-state index contributed by atoms with van der Waals surface area (Å²) in [5.74, 6) is 1.12. The van der Waals surface area contributed by atoms with Crippen molar-refractivity contribution in [1.29, 1.82) is 0 Å².